The van der Waals surface area contributed by atoms with E-state index in [1.165, 1.54) is 29.8 Å². The van der Waals surface area contributed by atoms with Gasteiger partial charge in [-0.25, -0.2) is 12.8 Å². The number of hydrogen-bond acceptors (Lipinski definition) is 6. The molecule has 2 saturated heterocycles. The largest absolute Gasteiger partial charge is 0.382 e. The molecule has 4 rings (SSSR count). The Morgan fingerprint density at radius 2 is 2.09 bits per heavy atom. The number of likely N-dealkylation sites (N-methyl/N-ethyl adjacent to an activating group) is 1. The molecule has 3 N–H and O–H groups in total. The van der Waals surface area contributed by atoms with Crippen LogP contribution in [0.25, 0.3) is 10.9 Å². The number of aromatic amines is 1. The third-order valence-corrected chi connectivity index (χ3v) is 8.41. The van der Waals surface area contributed by atoms with Crippen LogP contribution in [0.1, 0.15) is 24.8 Å². The lowest BCUT2D eigenvalue weighted by Crippen LogP contribution is -2.56. The molecule has 0 bridgehead atoms. The summed E-state index contributed by atoms with van der Waals surface area (Å²) in [6, 6.07) is 2.20. The Bertz CT molecular complexity index is 1220. The second kappa shape index (κ2) is 9.84. The van der Waals surface area contributed by atoms with E-state index in [0.717, 1.165) is 10.9 Å². The zero-order chi connectivity index (χ0) is 25.5. The molecule has 2 aliphatic heterocycles. The van der Waals surface area contributed by atoms with E-state index in [-0.39, 0.29) is 42.7 Å². The van der Waals surface area contributed by atoms with Crippen molar-refractivity contribution in [3.63, 3.8) is 0 Å². The monoisotopic (exact) mass is 509 g/mol. The van der Waals surface area contributed by atoms with Crippen LogP contribution < -0.4 is 10.6 Å². The standard InChI is InChI=1S/C23H32FN5O5S/c1-13(25-2)22(30)27-19(12-34-3)23(31)28-8-7-20-21(28)17(11-29(20)35(4,32)33)16-10-26-18-9-14(24)5-6-15(16)18/h5-6,9-10,13,17,19-21,25-26H,7-8,11-12H2,1-4H3,(H,27,30)/t13-,17-,19-,20+,21+/m0/s1. The van der Waals surface area contributed by atoms with Crippen molar-refractivity contribution in [3.8, 4) is 0 Å². The van der Waals surface area contributed by atoms with Gasteiger partial charge in [-0.05, 0) is 44.2 Å². The third-order valence-electron chi connectivity index (χ3n) is 7.14. The average Bonchev–Trinajstić information content (AvgIpc) is 3.50. The minimum absolute atomic E-state index is 0.0122. The molecule has 35 heavy (non-hydrogen) atoms. The third kappa shape index (κ3) is 4.80. The predicted molar refractivity (Wildman–Crippen MR) is 129 cm³/mol. The number of fused-ring (bicyclic) bond motifs is 2. The van der Waals surface area contributed by atoms with Gasteiger partial charge < -0.3 is 25.3 Å². The number of hydrogen-bond donors (Lipinski definition) is 3. The molecule has 0 aliphatic carbocycles. The minimum Gasteiger partial charge on any atom is -0.382 e. The molecule has 1 aromatic carbocycles. The summed E-state index contributed by atoms with van der Waals surface area (Å²) >= 11 is 0. The highest BCUT2D eigenvalue weighted by atomic mass is 32.2. The summed E-state index contributed by atoms with van der Waals surface area (Å²) in [7, 11) is -0.426. The van der Waals surface area contributed by atoms with E-state index < -0.39 is 28.1 Å². The van der Waals surface area contributed by atoms with Gasteiger partial charge in [0.05, 0.1) is 24.9 Å². The Kier molecular flexibility index (Phi) is 7.18. The van der Waals surface area contributed by atoms with Gasteiger partial charge in [0.25, 0.3) is 0 Å². The number of sulfonamides is 1. The molecule has 1 aromatic heterocycles. The van der Waals surface area contributed by atoms with E-state index in [1.54, 1.807) is 31.1 Å². The summed E-state index contributed by atoms with van der Waals surface area (Å²) < 4.78 is 45.7. The van der Waals surface area contributed by atoms with Gasteiger partial charge in [0.15, 0.2) is 0 Å². The number of H-pyrrole nitrogens is 1. The molecule has 10 nitrogen and oxygen atoms in total. The summed E-state index contributed by atoms with van der Waals surface area (Å²) in [6.07, 6.45) is 3.42. The van der Waals surface area contributed by atoms with Gasteiger partial charge in [-0.1, -0.05) is 0 Å². The number of carbonyl (C=O) groups is 2. The van der Waals surface area contributed by atoms with Crippen LogP contribution >= 0.6 is 0 Å². The van der Waals surface area contributed by atoms with Gasteiger partial charge in [-0.15, -0.1) is 0 Å². The first kappa shape index (κ1) is 25.5. The van der Waals surface area contributed by atoms with Gasteiger partial charge in [0, 0.05) is 49.3 Å². The second-order valence-electron chi connectivity index (χ2n) is 9.28. The number of rotatable bonds is 8. The number of amides is 2. The number of nitrogens with one attached hydrogen (secondary N) is 3. The molecule has 0 unspecified atom stereocenters. The van der Waals surface area contributed by atoms with Crippen molar-refractivity contribution in [2.24, 2.45) is 0 Å². The van der Waals surface area contributed by atoms with Crippen molar-refractivity contribution in [1.82, 2.24) is 24.8 Å². The van der Waals surface area contributed by atoms with Crippen molar-refractivity contribution in [2.45, 2.75) is 43.4 Å². The van der Waals surface area contributed by atoms with Crippen molar-refractivity contribution >= 4 is 32.7 Å². The molecule has 0 saturated carbocycles. The zero-order valence-corrected chi connectivity index (χ0v) is 21.1. The maximum absolute atomic E-state index is 13.8. The lowest BCUT2D eigenvalue weighted by Gasteiger charge is -2.32. The number of halogens is 1. The second-order valence-corrected chi connectivity index (χ2v) is 11.2. The van der Waals surface area contributed by atoms with Gasteiger partial charge in [0.1, 0.15) is 11.9 Å². The molecule has 3 heterocycles. The van der Waals surface area contributed by atoms with E-state index in [0.29, 0.717) is 18.5 Å². The highest BCUT2D eigenvalue weighted by Gasteiger charge is 2.54. The number of nitrogens with zero attached hydrogens (tertiary/aromatic N) is 2. The van der Waals surface area contributed by atoms with E-state index >= 15 is 0 Å². The molecule has 5 atom stereocenters. The van der Waals surface area contributed by atoms with Gasteiger partial charge in [0.2, 0.25) is 21.8 Å². The van der Waals surface area contributed by atoms with Crippen LogP contribution in [-0.4, -0.2) is 98.7 Å². The first-order chi connectivity index (χ1) is 16.6. The normalized spacial score (nSPS) is 24.5. The molecule has 12 heteroatoms. The van der Waals surface area contributed by atoms with Crippen LogP contribution in [0, 0.1) is 5.82 Å². The topological polar surface area (TPSA) is 124 Å². The Balaban J connectivity index is 1.70. The zero-order valence-electron chi connectivity index (χ0n) is 20.2. The number of ether oxygens (including phenoxy) is 1. The van der Waals surface area contributed by atoms with Crippen LogP contribution in [0.15, 0.2) is 24.4 Å². The van der Waals surface area contributed by atoms with Crippen LogP contribution in [-0.2, 0) is 24.3 Å². The number of carbonyl (C=O) groups excluding carboxylic acids is 2. The Morgan fingerprint density at radius 3 is 2.74 bits per heavy atom. The van der Waals surface area contributed by atoms with E-state index in [9.17, 15) is 22.4 Å². The van der Waals surface area contributed by atoms with Gasteiger partial charge in [-0.3, -0.25) is 9.59 Å². The SMILES string of the molecule is CN[C@@H](C)C(=O)N[C@@H](COC)C(=O)N1CC[C@@H]2[C@H]1[C@H](c1c[nH]c3cc(F)ccc13)CN2S(C)(=O)=O. The van der Waals surface area contributed by atoms with Gasteiger partial charge >= 0.3 is 0 Å². The molecule has 2 fully saturated rings. The van der Waals surface area contributed by atoms with Crippen LogP contribution in [0.5, 0.6) is 0 Å². The van der Waals surface area contributed by atoms with E-state index in [2.05, 4.69) is 15.6 Å². The van der Waals surface area contributed by atoms with Crippen molar-refractivity contribution in [3.05, 3.63) is 35.8 Å². The van der Waals surface area contributed by atoms with Gasteiger partial charge in [-0.2, -0.15) is 4.31 Å². The van der Waals surface area contributed by atoms with Crippen LogP contribution in [0.2, 0.25) is 0 Å². The number of aromatic nitrogens is 1. The summed E-state index contributed by atoms with van der Waals surface area (Å²) in [5.41, 5.74) is 1.44. The average molecular weight is 510 g/mol. The Labute approximate surface area is 204 Å². The van der Waals surface area contributed by atoms with Crippen LogP contribution in [0.4, 0.5) is 4.39 Å². The highest BCUT2D eigenvalue weighted by molar-refractivity contribution is 7.88. The fraction of sp³-hybridized carbons (Fsp3) is 0.565. The van der Waals surface area contributed by atoms with Crippen molar-refractivity contribution in [2.75, 3.05) is 40.1 Å². The fourth-order valence-corrected chi connectivity index (χ4v) is 6.51. The highest BCUT2D eigenvalue weighted by Crippen LogP contribution is 2.44. The molecular weight excluding hydrogens is 477 g/mol. The summed E-state index contributed by atoms with van der Waals surface area (Å²) in [5, 5.41) is 6.39. The van der Waals surface area contributed by atoms with Crippen LogP contribution in [0.3, 0.4) is 0 Å². The number of likely N-dealkylation sites (tertiary alicyclic amines) is 1. The smallest absolute Gasteiger partial charge is 0.247 e. The maximum Gasteiger partial charge on any atom is 0.247 e. The quantitative estimate of drug-likeness (QED) is 0.473. The lowest BCUT2D eigenvalue weighted by molar-refractivity contribution is -0.139. The predicted octanol–water partition coefficient (Wildman–Crippen LogP) is 0.374. The first-order valence-electron chi connectivity index (χ1n) is 11.6. The summed E-state index contributed by atoms with van der Waals surface area (Å²) in [5.74, 6) is -1.35. The Morgan fingerprint density at radius 1 is 1.34 bits per heavy atom. The molecule has 2 amide bonds. The first-order valence-corrected chi connectivity index (χ1v) is 13.4. The maximum atomic E-state index is 13.8. The van der Waals surface area contributed by atoms with Crippen molar-refractivity contribution < 1.29 is 27.1 Å². The molecule has 2 aromatic rings. The lowest BCUT2D eigenvalue weighted by atomic mass is 9.91. The summed E-state index contributed by atoms with van der Waals surface area (Å²) in [6.45, 7) is 2.24. The summed E-state index contributed by atoms with van der Waals surface area (Å²) in [4.78, 5) is 30.9. The molecular formula is C23H32FN5O5S. The number of methoxy groups -OCH3 is 1. The molecule has 0 radical (unpaired) electrons. The minimum atomic E-state index is -3.53. The fourth-order valence-electron chi connectivity index (χ4n) is 5.35. The molecule has 2 aliphatic rings. The number of benzene rings is 1. The Hall–Kier alpha value is -2.54. The molecule has 0 spiro atoms. The molecule has 192 valence electrons. The van der Waals surface area contributed by atoms with E-state index in [4.69, 9.17) is 4.74 Å². The van der Waals surface area contributed by atoms with Crippen molar-refractivity contribution in [1.29, 1.82) is 0 Å². The van der Waals surface area contributed by atoms with E-state index in [1.807, 2.05) is 0 Å².